The van der Waals surface area contributed by atoms with E-state index < -0.39 is 74.2 Å². The fraction of sp³-hybridized carbons (Fsp3) is 0.500. The quantitative estimate of drug-likeness (QED) is 0.118. The molecule has 8 N–H and O–H groups in total. The van der Waals surface area contributed by atoms with E-state index in [0.29, 0.717) is 11.2 Å². The molecule has 6 heterocycles. The third kappa shape index (κ3) is 4.88. The van der Waals surface area contributed by atoms with Gasteiger partial charge in [-0.2, -0.15) is 4.98 Å². The molecule has 3 fully saturated rings. The van der Waals surface area contributed by atoms with Crippen LogP contribution in [0.15, 0.2) is 35.9 Å². The van der Waals surface area contributed by atoms with Gasteiger partial charge in [-0.15, -0.1) is 0 Å². The summed E-state index contributed by atoms with van der Waals surface area (Å²) in [6, 6.07) is -0.770. The van der Waals surface area contributed by atoms with Gasteiger partial charge in [0.1, 0.15) is 35.8 Å². The molecular weight excluding hydrogens is 682 g/mol. The lowest BCUT2D eigenvalue weighted by molar-refractivity contribution is -0.0953. The van der Waals surface area contributed by atoms with E-state index >= 15 is 0 Å². The summed E-state index contributed by atoms with van der Waals surface area (Å²) in [6.45, 7) is -3.32. The van der Waals surface area contributed by atoms with Crippen LogP contribution in [0.1, 0.15) is 25.6 Å². The zero-order chi connectivity index (χ0) is 33.1. The van der Waals surface area contributed by atoms with E-state index in [9.17, 15) is 24.3 Å². The lowest BCUT2D eigenvalue weighted by Gasteiger charge is -2.38. The molecule has 2 bridgehead atoms. The molecule has 20 nitrogen and oxygen atoms in total. The number of aliphatic hydroxyl groups is 1. The molecule has 10 atom stereocenters. The molecule has 2 aliphatic carbocycles. The molecule has 4 aromatic rings. The number of rotatable bonds is 2. The van der Waals surface area contributed by atoms with Crippen LogP contribution < -0.4 is 17.0 Å². The number of fused-ring (bicyclic) bond motifs is 3. The van der Waals surface area contributed by atoms with Crippen molar-refractivity contribution in [2.24, 2.45) is 11.3 Å². The van der Waals surface area contributed by atoms with Gasteiger partial charge in [0, 0.05) is 11.3 Å². The van der Waals surface area contributed by atoms with E-state index in [-0.39, 0.29) is 36.0 Å². The molecular formula is C24H28N10O10P2S. The number of nitrogens with zero attached hydrogens (tertiary/aromatic N) is 7. The summed E-state index contributed by atoms with van der Waals surface area (Å²) >= 11 is 5.41. The van der Waals surface area contributed by atoms with Gasteiger partial charge >= 0.3 is 14.5 Å². The van der Waals surface area contributed by atoms with Gasteiger partial charge in [-0.05, 0) is 18.2 Å². The van der Waals surface area contributed by atoms with Gasteiger partial charge in [0.25, 0.3) is 5.56 Å². The van der Waals surface area contributed by atoms with Gasteiger partial charge in [-0.25, -0.2) is 24.5 Å². The Hall–Kier alpha value is -3.20. The van der Waals surface area contributed by atoms with Crippen molar-refractivity contribution in [2.75, 3.05) is 24.7 Å². The summed E-state index contributed by atoms with van der Waals surface area (Å²) in [5.74, 6) is -0.757. The minimum Gasteiger partial charge on any atom is -0.388 e. The topological polar surface area (TPSA) is 283 Å². The lowest BCUT2D eigenvalue weighted by Crippen LogP contribution is -2.46. The number of ether oxygens (including phenoxy) is 1. The zero-order valence-electron chi connectivity index (χ0n) is 24.3. The third-order valence-electron chi connectivity index (χ3n) is 9.17. The molecule has 23 heteroatoms. The van der Waals surface area contributed by atoms with Crippen molar-refractivity contribution in [3.05, 3.63) is 41.5 Å². The first-order valence-corrected chi connectivity index (χ1v) is 18.3. The third-order valence-corrected chi connectivity index (χ3v) is 11.7. The molecule has 4 aromatic heterocycles. The van der Waals surface area contributed by atoms with E-state index in [1.807, 2.05) is 0 Å². The number of nitrogens with two attached hydrogens (primary N) is 2. The smallest absolute Gasteiger partial charge is 0.388 e. The van der Waals surface area contributed by atoms with Gasteiger partial charge in [0.15, 0.2) is 28.9 Å². The van der Waals surface area contributed by atoms with Crippen LogP contribution in [-0.2, 0) is 39.2 Å². The minimum absolute atomic E-state index is 0.0352. The van der Waals surface area contributed by atoms with Crippen molar-refractivity contribution in [1.29, 1.82) is 0 Å². The number of aromatic amines is 1. The van der Waals surface area contributed by atoms with Crippen molar-refractivity contribution in [3.8, 4) is 0 Å². The highest BCUT2D eigenvalue weighted by Gasteiger charge is 2.62. The monoisotopic (exact) mass is 710 g/mol. The molecule has 4 aliphatic rings. The number of hydrogen-bond acceptors (Lipinski definition) is 16. The highest BCUT2D eigenvalue weighted by molar-refractivity contribution is 8.07. The average Bonchev–Trinajstić information content (AvgIpc) is 3.71. The standard InChI is InChI=1S/C24H28N10O10P2S/c1-23-4-11(33-8-29-12-17(25)27-7-28-18(12)33)14(35)16(23)44-46(39,47)41-6-24-3-2-10(24)15(43-45(37,38)40-5-23)21(42-24)34-9-30-13-19(34)31-22(26)32-20(13)36/h2-3,7-11,14-16,21,35H,4-6H2,1H3,(H,37,38)(H,39,47)(H2,25,27,28)(H3,26,31,32,36)/t10-,11+,14-,15+,16-,21+,23+,24+,46?/m0/s1. The van der Waals surface area contributed by atoms with Crippen LogP contribution in [-0.4, -0.2) is 91.1 Å². The Kier molecular flexibility index (Phi) is 6.88. The van der Waals surface area contributed by atoms with Gasteiger partial charge in [-0.1, -0.05) is 19.1 Å². The molecule has 1 saturated carbocycles. The number of hydrogen-bond donors (Lipinski definition) is 6. The maximum atomic E-state index is 13.6. The Morgan fingerprint density at radius 2 is 1.83 bits per heavy atom. The second kappa shape index (κ2) is 10.4. The highest BCUT2D eigenvalue weighted by Crippen LogP contribution is 2.62. The number of nitrogen functional groups attached to an aromatic ring is 2. The molecule has 0 aromatic carbocycles. The second-order valence-corrected chi connectivity index (χ2v) is 16.4. The van der Waals surface area contributed by atoms with Gasteiger partial charge in [-0.3, -0.25) is 23.4 Å². The normalized spacial score (nSPS) is 40.3. The van der Waals surface area contributed by atoms with Crippen LogP contribution in [0, 0.1) is 11.3 Å². The van der Waals surface area contributed by atoms with Crippen LogP contribution in [0.2, 0.25) is 0 Å². The molecule has 47 heavy (non-hydrogen) atoms. The fourth-order valence-corrected chi connectivity index (χ4v) is 9.43. The first kappa shape index (κ1) is 31.1. The number of anilines is 2. The van der Waals surface area contributed by atoms with E-state index in [1.165, 1.54) is 23.5 Å². The second-order valence-electron chi connectivity index (χ2n) is 12.2. The molecule has 0 spiro atoms. The number of phosphoric ester groups is 1. The predicted molar refractivity (Wildman–Crippen MR) is 164 cm³/mol. The molecule has 0 radical (unpaired) electrons. The number of nitrogens with one attached hydrogen (secondary N) is 1. The van der Waals surface area contributed by atoms with Gasteiger partial charge in [0.2, 0.25) is 5.95 Å². The first-order valence-electron chi connectivity index (χ1n) is 14.2. The zero-order valence-corrected chi connectivity index (χ0v) is 26.9. The SMILES string of the molecule is C[C@@]12COP(=O)(O)O[C@H]3[C@H](n4cnc5c(=O)[nH]c(N)nc54)O[C@]4(C=C[C@@H]34)COP(O)(=S)O[C@H]1[C@@H](O)[C@H](n1cnc3c(N)ncnc31)C2. The van der Waals surface area contributed by atoms with Crippen molar-refractivity contribution in [3.63, 3.8) is 0 Å². The van der Waals surface area contributed by atoms with Gasteiger partial charge < -0.3 is 44.7 Å². The van der Waals surface area contributed by atoms with Crippen LogP contribution in [0.4, 0.5) is 11.8 Å². The molecule has 0 amide bonds. The van der Waals surface area contributed by atoms with Crippen LogP contribution >= 0.6 is 14.5 Å². The van der Waals surface area contributed by atoms with Gasteiger partial charge in [0.05, 0.1) is 31.9 Å². The minimum atomic E-state index is -4.89. The summed E-state index contributed by atoms with van der Waals surface area (Å²) < 4.78 is 46.1. The Morgan fingerprint density at radius 1 is 1.06 bits per heavy atom. The average molecular weight is 711 g/mol. The van der Waals surface area contributed by atoms with Crippen LogP contribution in [0.3, 0.4) is 0 Å². The molecule has 2 unspecified atom stereocenters. The van der Waals surface area contributed by atoms with Crippen LogP contribution in [0.5, 0.6) is 0 Å². The summed E-state index contributed by atoms with van der Waals surface area (Å²) in [5.41, 5.74) is 9.20. The maximum Gasteiger partial charge on any atom is 0.472 e. The molecule has 2 aliphatic heterocycles. The Balaban J connectivity index is 1.16. The van der Waals surface area contributed by atoms with Crippen molar-refractivity contribution < 1.29 is 42.3 Å². The molecule has 8 rings (SSSR count). The number of imidazole rings is 2. The van der Waals surface area contributed by atoms with Crippen LogP contribution in [0.25, 0.3) is 22.3 Å². The number of phosphoric acid groups is 1. The van der Waals surface area contributed by atoms with Crippen molar-refractivity contribution >= 4 is 60.4 Å². The number of aliphatic hydroxyl groups excluding tert-OH is 1. The lowest BCUT2D eigenvalue weighted by atomic mass is 9.77. The maximum absolute atomic E-state index is 13.6. The predicted octanol–water partition coefficient (Wildman–Crippen LogP) is 0.0239. The summed E-state index contributed by atoms with van der Waals surface area (Å²) in [7, 11) is -4.89. The summed E-state index contributed by atoms with van der Waals surface area (Å²) in [6.07, 6.45) is 2.38. The number of H-pyrrole nitrogens is 1. The highest BCUT2D eigenvalue weighted by atomic mass is 32.5. The first-order chi connectivity index (χ1) is 22.2. The summed E-state index contributed by atoms with van der Waals surface area (Å²) in [5, 5.41) is 11.6. The largest absolute Gasteiger partial charge is 0.472 e. The van der Waals surface area contributed by atoms with E-state index in [2.05, 4.69) is 29.9 Å². The summed E-state index contributed by atoms with van der Waals surface area (Å²) in [4.78, 5) is 58.0. The Labute approximate surface area is 268 Å². The molecule has 2 saturated heterocycles. The fourth-order valence-electron chi connectivity index (χ4n) is 6.84. The van der Waals surface area contributed by atoms with E-state index in [0.717, 1.165) is 0 Å². The van der Waals surface area contributed by atoms with E-state index in [4.69, 9.17) is 46.1 Å². The van der Waals surface area contributed by atoms with Crippen molar-refractivity contribution in [1.82, 2.24) is 39.0 Å². The van der Waals surface area contributed by atoms with Crippen molar-refractivity contribution in [2.45, 2.75) is 49.5 Å². The number of aromatic nitrogens is 8. The Morgan fingerprint density at radius 3 is 2.60 bits per heavy atom. The van der Waals surface area contributed by atoms with E-state index in [1.54, 1.807) is 23.6 Å². The molecule has 250 valence electrons. The Bertz CT molecular complexity index is 2130.